The molecule has 0 unspecified atom stereocenters. The standard InChI is InChI=1S/C28H24ClF2N5O2/c1-28(2)14-20-23(27(38)36-28)26(33-19-5-3-4-18(31)24(19)29)25(34-20)16-10-11-32-21(13-16)35-22(37)12-15-6-8-17(30)9-7-15/h3-11,13,33-34H,12,14H2,1-2H3,(H,36,38)(H,32,35,37). The lowest BCUT2D eigenvalue weighted by atomic mass is 9.91. The Morgan fingerprint density at radius 1 is 1.13 bits per heavy atom. The summed E-state index contributed by atoms with van der Waals surface area (Å²) in [5.74, 6) is -1.28. The summed E-state index contributed by atoms with van der Waals surface area (Å²) in [7, 11) is 0. The van der Waals surface area contributed by atoms with Gasteiger partial charge in [0.25, 0.3) is 5.91 Å². The fourth-order valence-corrected chi connectivity index (χ4v) is 4.67. The Labute approximate surface area is 222 Å². The minimum absolute atomic E-state index is 0.0448. The summed E-state index contributed by atoms with van der Waals surface area (Å²) >= 11 is 6.20. The molecular weight excluding hydrogens is 512 g/mol. The summed E-state index contributed by atoms with van der Waals surface area (Å²) in [5, 5.41) is 8.79. The lowest BCUT2D eigenvalue weighted by Crippen LogP contribution is -2.49. The van der Waals surface area contributed by atoms with Crippen molar-refractivity contribution in [2.75, 3.05) is 10.6 Å². The van der Waals surface area contributed by atoms with E-state index in [0.717, 1.165) is 0 Å². The van der Waals surface area contributed by atoms with Crippen molar-refractivity contribution in [3.05, 3.63) is 94.3 Å². The molecule has 2 aromatic carbocycles. The summed E-state index contributed by atoms with van der Waals surface area (Å²) < 4.78 is 27.3. The first-order valence-corrected chi connectivity index (χ1v) is 12.3. The van der Waals surface area contributed by atoms with Gasteiger partial charge in [-0.05, 0) is 55.8 Å². The Kier molecular flexibility index (Phi) is 6.62. The average Bonchev–Trinajstić information content (AvgIpc) is 3.20. The quantitative estimate of drug-likeness (QED) is 0.243. The third kappa shape index (κ3) is 5.24. The zero-order valence-corrected chi connectivity index (χ0v) is 21.3. The van der Waals surface area contributed by atoms with Gasteiger partial charge in [-0.3, -0.25) is 9.59 Å². The minimum atomic E-state index is -0.594. The molecule has 5 rings (SSSR count). The highest BCUT2D eigenvalue weighted by molar-refractivity contribution is 6.33. The van der Waals surface area contributed by atoms with Crippen LogP contribution < -0.4 is 16.0 Å². The molecule has 0 saturated heterocycles. The minimum Gasteiger partial charge on any atom is -0.356 e. The van der Waals surface area contributed by atoms with Crippen LogP contribution in [0.2, 0.25) is 5.02 Å². The van der Waals surface area contributed by atoms with Crippen LogP contribution in [0.3, 0.4) is 0 Å². The molecule has 0 aliphatic carbocycles. The van der Waals surface area contributed by atoms with E-state index in [9.17, 15) is 18.4 Å². The average molecular weight is 536 g/mol. The third-order valence-electron chi connectivity index (χ3n) is 6.18. The summed E-state index contributed by atoms with van der Waals surface area (Å²) in [4.78, 5) is 33.3. The van der Waals surface area contributed by atoms with E-state index in [1.807, 2.05) is 13.8 Å². The second-order valence-electron chi connectivity index (χ2n) is 9.75. The number of amides is 2. The highest BCUT2D eigenvalue weighted by atomic mass is 35.5. The zero-order valence-electron chi connectivity index (χ0n) is 20.6. The Hall–Kier alpha value is -4.24. The van der Waals surface area contributed by atoms with E-state index in [-0.39, 0.29) is 29.1 Å². The smallest absolute Gasteiger partial charge is 0.255 e. The van der Waals surface area contributed by atoms with Gasteiger partial charge in [-0.15, -0.1) is 0 Å². The predicted molar refractivity (Wildman–Crippen MR) is 143 cm³/mol. The number of aromatic nitrogens is 2. The molecule has 0 fully saturated rings. The van der Waals surface area contributed by atoms with Crippen molar-refractivity contribution in [3.8, 4) is 11.3 Å². The number of rotatable bonds is 6. The molecule has 38 heavy (non-hydrogen) atoms. The number of halogens is 3. The van der Waals surface area contributed by atoms with Crippen molar-refractivity contribution in [1.82, 2.24) is 15.3 Å². The van der Waals surface area contributed by atoms with Crippen LogP contribution in [0.15, 0.2) is 60.8 Å². The first-order valence-electron chi connectivity index (χ1n) is 11.9. The van der Waals surface area contributed by atoms with Crippen molar-refractivity contribution < 1.29 is 18.4 Å². The first-order chi connectivity index (χ1) is 18.1. The van der Waals surface area contributed by atoms with Crippen LogP contribution in [-0.4, -0.2) is 27.3 Å². The maximum atomic E-state index is 14.2. The van der Waals surface area contributed by atoms with Crippen molar-refractivity contribution in [2.45, 2.75) is 32.2 Å². The molecule has 0 atom stereocenters. The summed E-state index contributed by atoms with van der Waals surface area (Å²) in [6.07, 6.45) is 2.11. The normalized spacial score (nSPS) is 14.0. The number of pyridine rings is 1. The highest BCUT2D eigenvalue weighted by Crippen LogP contribution is 2.40. The Balaban J connectivity index is 1.50. The summed E-state index contributed by atoms with van der Waals surface area (Å²) in [6, 6.07) is 13.5. The molecule has 2 aromatic heterocycles. The van der Waals surface area contributed by atoms with Crippen LogP contribution >= 0.6 is 11.6 Å². The van der Waals surface area contributed by atoms with Gasteiger partial charge in [-0.2, -0.15) is 0 Å². The SMILES string of the molecule is CC1(C)Cc2[nH]c(-c3ccnc(NC(=O)Cc4ccc(F)cc4)c3)c(Nc3cccc(F)c3Cl)c2C(=O)N1. The molecule has 2 amide bonds. The summed E-state index contributed by atoms with van der Waals surface area (Å²) in [5.41, 5.74) is 3.21. The number of hydrogen-bond donors (Lipinski definition) is 4. The third-order valence-corrected chi connectivity index (χ3v) is 6.56. The van der Waals surface area contributed by atoms with Crippen LogP contribution in [0.25, 0.3) is 11.3 Å². The molecule has 194 valence electrons. The molecule has 0 bridgehead atoms. The molecule has 7 nitrogen and oxygen atoms in total. The number of nitrogens with one attached hydrogen (secondary N) is 4. The van der Waals surface area contributed by atoms with E-state index in [1.54, 1.807) is 30.3 Å². The number of hydrogen-bond acceptors (Lipinski definition) is 4. The zero-order chi connectivity index (χ0) is 27.0. The van der Waals surface area contributed by atoms with Crippen molar-refractivity contribution in [3.63, 3.8) is 0 Å². The lowest BCUT2D eigenvalue weighted by Gasteiger charge is -2.30. The van der Waals surface area contributed by atoms with Gasteiger partial charge in [0.2, 0.25) is 5.91 Å². The Bertz CT molecular complexity index is 1550. The van der Waals surface area contributed by atoms with Gasteiger partial charge in [0.1, 0.15) is 17.5 Å². The van der Waals surface area contributed by atoms with E-state index < -0.39 is 11.4 Å². The number of benzene rings is 2. The fraction of sp³-hybridized carbons (Fsp3) is 0.179. The molecule has 4 aromatic rings. The summed E-state index contributed by atoms with van der Waals surface area (Å²) in [6.45, 7) is 3.85. The van der Waals surface area contributed by atoms with E-state index in [0.29, 0.717) is 51.7 Å². The second-order valence-corrected chi connectivity index (χ2v) is 10.1. The van der Waals surface area contributed by atoms with Crippen molar-refractivity contribution in [1.29, 1.82) is 0 Å². The van der Waals surface area contributed by atoms with E-state index in [2.05, 4.69) is 25.9 Å². The van der Waals surface area contributed by atoms with Gasteiger partial charge < -0.3 is 20.9 Å². The molecule has 0 spiro atoms. The van der Waals surface area contributed by atoms with Gasteiger partial charge in [0, 0.05) is 29.4 Å². The first kappa shape index (κ1) is 25.4. The molecule has 10 heteroatoms. The van der Waals surface area contributed by atoms with Gasteiger partial charge in [-0.1, -0.05) is 29.8 Å². The van der Waals surface area contributed by atoms with Crippen LogP contribution in [0.1, 0.15) is 35.5 Å². The van der Waals surface area contributed by atoms with Gasteiger partial charge in [0.15, 0.2) is 0 Å². The number of H-pyrrole nitrogens is 1. The van der Waals surface area contributed by atoms with Crippen LogP contribution in [-0.2, 0) is 17.6 Å². The Morgan fingerprint density at radius 3 is 2.66 bits per heavy atom. The topological polar surface area (TPSA) is 98.9 Å². The Morgan fingerprint density at radius 2 is 1.89 bits per heavy atom. The molecule has 1 aliphatic heterocycles. The van der Waals surface area contributed by atoms with Gasteiger partial charge in [-0.25, -0.2) is 13.8 Å². The number of nitrogens with zero attached hydrogens (tertiary/aromatic N) is 1. The van der Waals surface area contributed by atoms with Crippen LogP contribution in [0.5, 0.6) is 0 Å². The molecule has 1 aliphatic rings. The number of carbonyl (C=O) groups is 2. The fourth-order valence-electron chi connectivity index (χ4n) is 4.50. The molecule has 0 saturated carbocycles. The van der Waals surface area contributed by atoms with Crippen molar-refractivity contribution >= 4 is 40.6 Å². The molecule has 3 heterocycles. The number of carbonyl (C=O) groups excluding carboxylic acids is 2. The number of anilines is 3. The maximum Gasteiger partial charge on any atom is 0.255 e. The van der Waals surface area contributed by atoms with Gasteiger partial charge >= 0.3 is 0 Å². The largest absolute Gasteiger partial charge is 0.356 e. The second kappa shape index (κ2) is 9.90. The lowest BCUT2D eigenvalue weighted by molar-refractivity contribution is -0.115. The van der Waals surface area contributed by atoms with Crippen LogP contribution in [0, 0.1) is 11.6 Å². The number of fused-ring (bicyclic) bond motifs is 1. The highest BCUT2D eigenvalue weighted by Gasteiger charge is 2.35. The number of aromatic amines is 1. The van der Waals surface area contributed by atoms with E-state index >= 15 is 0 Å². The molecule has 0 radical (unpaired) electrons. The van der Waals surface area contributed by atoms with Crippen LogP contribution in [0.4, 0.5) is 26.0 Å². The molecular formula is C28H24ClF2N5O2. The predicted octanol–water partition coefficient (Wildman–Crippen LogP) is 6.00. The van der Waals surface area contributed by atoms with E-state index in [4.69, 9.17) is 11.6 Å². The maximum absolute atomic E-state index is 14.2. The monoisotopic (exact) mass is 535 g/mol. The van der Waals surface area contributed by atoms with Crippen molar-refractivity contribution in [2.24, 2.45) is 0 Å². The molecule has 4 N–H and O–H groups in total. The van der Waals surface area contributed by atoms with E-state index in [1.165, 1.54) is 30.5 Å². The van der Waals surface area contributed by atoms with Gasteiger partial charge in [0.05, 0.1) is 34.1 Å².